The first-order chi connectivity index (χ1) is 9.26. The van der Waals surface area contributed by atoms with E-state index in [4.69, 9.17) is 0 Å². The average Bonchev–Trinajstić information content (AvgIpc) is 2.79. The molecule has 0 bridgehead atoms. The van der Waals surface area contributed by atoms with Gasteiger partial charge in [-0.3, -0.25) is 0 Å². The summed E-state index contributed by atoms with van der Waals surface area (Å²) in [6.07, 6.45) is 0.766. The van der Waals surface area contributed by atoms with E-state index < -0.39 is 0 Å². The number of aryl methyl sites for hydroxylation is 1. The van der Waals surface area contributed by atoms with E-state index in [1.807, 2.05) is 25.2 Å². The Morgan fingerprint density at radius 2 is 1.95 bits per heavy atom. The topological polar surface area (TPSA) is 37.8 Å². The zero-order chi connectivity index (χ0) is 13.2. The molecule has 2 heterocycles. The summed E-state index contributed by atoms with van der Waals surface area (Å²) in [6.45, 7) is 2.10. The molecule has 19 heavy (non-hydrogen) atoms. The van der Waals surface area contributed by atoms with Crippen molar-refractivity contribution in [2.75, 3.05) is 12.4 Å². The molecular weight excluding hydrogens is 254 g/mol. The maximum absolute atomic E-state index is 4.67. The van der Waals surface area contributed by atoms with Gasteiger partial charge in [-0.05, 0) is 18.6 Å². The molecule has 3 aromatic rings. The van der Waals surface area contributed by atoms with Gasteiger partial charge in [-0.2, -0.15) is 0 Å². The molecule has 4 heteroatoms. The van der Waals surface area contributed by atoms with E-state index in [2.05, 4.69) is 40.4 Å². The normalized spacial score (nSPS) is 10.8. The summed E-state index contributed by atoms with van der Waals surface area (Å²) in [5, 5.41) is 4.28. The first-order valence-electron chi connectivity index (χ1n) is 6.25. The highest BCUT2D eigenvalue weighted by atomic mass is 32.1. The Balaban J connectivity index is 2.04. The molecule has 0 aliphatic rings. The SMILES string of the molecule is CNc1nc(Cc2ccccc2)nc2sc(C)cc12. The highest BCUT2D eigenvalue weighted by molar-refractivity contribution is 7.18. The van der Waals surface area contributed by atoms with Gasteiger partial charge >= 0.3 is 0 Å². The Hall–Kier alpha value is -1.94. The van der Waals surface area contributed by atoms with E-state index in [1.54, 1.807) is 11.3 Å². The highest BCUT2D eigenvalue weighted by Gasteiger charge is 2.09. The lowest BCUT2D eigenvalue weighted by atomic mass is 10.1. The van der Waals surface area contributed by atoms with Crippen LogP contribution >= 0.6 is 11.3 Å². The Labute approximate surface area is 116 Å². The minimum Gasteiger partial charge on any atom is -0.372 e. The zero-order valence-electron chi connectivity index (χ0n) is 11.0. The fourth-order valence-corrected chi connectivity index (χ4v) is 3.03. The summed E-state index contributed by atoms with van der Waals surface area (Å²) < 4.78 is 0. The lowest BCUT2D eigenvalue weighted by molar-refractivity contribution is 0.997. The van der Waals surface area contributed by atoms with Crippen molar-refractivity contribution in [2.45, 2.75) is 13.3 Å². The van der Waals surface area contributed by atoms with E-state index in [1.165, 1.54) is 10.4 Å². The van der Waals surface area contributed by atoms with Gasteiger partial charge in [0.05, 0.1) is 5.39 Å². The van der Waals surface area contributed by atoms with Gasteiger partial charge in [0.15, 0.2) is 0 Å². The van der Waals surface area contributed by atoms with Crippen LogP contribution in [0.5, 0.6) is 0 Å². The summed E-state index contributed by atoms with van der Waals surface area (Å²) in [4.78, 5) is 11.6. The van der Waals surface area contributed by atoms with Crippen LogP contribution in [0.15, 0.2) is 36.4 Å². The molecule has 1 aromatic carbocycles. The Morgan fingerprint density at radius 1 is 1.16 bits per heavy atom. The number of hydrogen-bond donors (Lipinski definition) is 1. The number of nitrogens with zero attached hydrogens (tertiary/aromatic N) is 2. The Morgan fingerprint density at radius 3 is 2.68 bits per heavy atom. The van der Waals surface area contributed by atoms with Crippen LogP contribution in [0, 0.1) is 6.92 Å². The third-order valence-electron chi connectivity index (χ3n) is 3.00. The molecule has 3 rings (SSSR count). The van der Waals surface area contributed by atoms with Crippen molar-refractivity contribution in [1.82, 2.24) is 9.97 Å². The summed E-state index contributed by atoms with van der Waals surface area (Å²) in [5.41, 5.74) is 1.23. The number of fused-ring (bicyclic) bond motifs is 1. The lowest BCUT2D eigenvalue weighted by Crippen LogP contribution is -2.01. The molecule has 1 N–H and O–H groups in total. The molecule has 3 nitrogen and oxygen atoms in total. The van der Waals surface area contributed by atoms with Gasteiger partial charge in [0, 0.05) is 18.3 Å². The number of nitrogens with one attached hydrogen (secondary N) is 1. The minimum atomic E-state index is 0.766. The van der Waals surface area contributed by atoms with Crippen LogP contribution in [0.1, 0.15) is 16.3 Å². The van der Waals surface area contributed by atoms with Gasteiger partial charge in [0.2, 0.25) is 0 Å². The van der Waals surface area contributed by atoms with Gasteiger partial charge in [-0.25, -0.2) is 9.97 Å². The number of aromatic nitrogens is 2. The first kappa shape index (κ1) is 12.1. The summed E-state index contributed by atoms with van der Waals surface area (Å²) >= 11 is 1.72. The van der Waals surface area contributed by atoms with Crippen LogP contribution in [0.25, 0.3) is 10.2 Å². The van der Waals surface area contributed by atoms with Crippen molar-refractivity contribution >= 4 is 27.4 Å². The highest BCUT2D eigenvalue weighted by Crippen LogP contribution is 2.28. The van der Waals surface area contributed by atoms with E-state index in [-0.39, 0.29) is 0 Å². The van der Waals surface area contributed by atoms with Gasteiger partial charge < -0.3 is 5.32 Å². The summed E-state index contributed by atoms with van der Waals surface area (Å²) in [6, 6.07) is 12.5. The monoisotopic (exact) mass is 269 g/mol. The van der Waals surface area contributed by atoms with Crippen molar-refractivity contribution in [3.8, 4) is 0 Å². The molecular formula is C15H15N3S. The fraction of sp³-hybridized carbons (Fsp3) is 0.200. The van der Waals surface area contributed by atoms with Crippen molar-refractivity contribution in [2.24, 2.45) is 0 Å². The van der Waals surface area contributed by atoms with Crippen LogP contribution in [0.3, 0.4) is 0 Å². The largest absolute Gasteiger partial charge is 0.372 e. The first-order valence-corrected chi connectivity index (χ1v) is 7.06. The predicted molar refractivity (Wildman–Crippen MR) is 80.9 cm³/mol. The molecule has 0 fully saturated rings. The lowest BCUT2D eigenvalue weighted by Gasteiger charge is -2.05. The zero-order valence-corrected chi connectivity index (χ0v) is 11.8. The van der Waals surface area contributed by atoms with Crippen molar-refractivity contribution < 1.29 is 0 Å². The van der Waals surface area contributed by atoms with E-state index in [0.29, 0.717) is 0 Å². The van der Waals surface area contributed by atoms with Crippen molar-refractivity contribution in [3.05, 3.63) is 52.7 Å². The van der Waals surface area contributed by atoms with E-state index in [0.717, 1.165) is 28.3 Å². The molecule has 0 radical (unpaired) electrons. The number of thiophene rings is 1. The van der Waals surface area contributed by atoms with Crippen LogP contribution in [0.2, 0.25) is 0 Å². The maximum Gasteiger partial charge on any atom is 0.138 e. The van der Waals surface area contributed by atoms with E-state index in [9.17, 15) is 0 Å². The molecule has 0 unspecified atom stereocenters. The smallest absolute Gasteiger partial charge is 0.138 e. The average molecular weight is 269 g/mol. The van der Waals surface area contributed by atoms with Crippen molar-refractivity contribution in [3.63, 3.8) is 0 Å². The summed E-state index contributed by atoms with van der Waals surface area (Å²) in [5.74, 6) is 1.78. The molecule has 0 saturated carbocycles. The van der Waals surface area contributed by atoms with Crippen molar-refractivity contribution in [1.29, 1.82) is 0 Å². The maximum atomic E-state index is 4.67. The van der Waals surface area contributed by atoms with Crippen LogP contribution in [-0.2, 0) is 6.42 Å². The third kappa shape index (κ3) is 2.44. The standard InChI is InChI=1S/C15H15N3S/c1-10-8-12-14(16-2)17-13(18-15(12)19-10)9-11-6-4-3-5-7-11/h3-8H,9H2,1-2H3,(H,16,17,18). The molecule has 96 valence electrons. The molecule has 0 aliphatic carbocycles. The number of hydrogen-bond acceptors (Lipinski definition) is 4. The molecule has 0 atom stereocenters. The van der Waals surface area contributed by atoms with Crippen LogP contribution in [-0.4, -0.2) is 17.0 Å². The minimum absolute atomic E-state index is 0.766. The van der Waals surface area contributed by atoms with Gasteiger partial charge in [0.25, 0.3) is 0 Å². The van der Waals surface area contributed by atoms with Gasteiger partial charge in [-0.1, -0.05) is 30.3 Å². The molecule has 0 spiro atoms. The summed E-state index contributed by atoms with van der Waals surface area (Å²) in [7, 11) is 1.90. The number of benzene rings is 1. The fourth-order valence-electron chi connectivity index (χ4n) is 2.13. The second-order valence-electron chi connectivity index (χ2n) is 4.48. The molecule has 0 amide bonds. The Bertz CT molecular complexity index is 704. The van der Waals surface area contributed by atoms with Crippen LogP contribution in [0.4, 0.5) is 5.82 Å². The van der Waals surface area contributed by atoms with Crippen LogP contribution < -0.4 is 5.32 Å². The quantitative estimate of drug-likeness (QED) is 0.789. The third-order valence-corrected chi connectivity index (χ3v) is 3.95. The number of rotatable bonds is 3. The molecule has 2 aromatic heterocycles. The second-order valence-corrected chi connectivity index (χ2v) is 5.71. The molecule has 0 saturated heterocycles. The van der Waals surface area contributed by atoms with Gasteiger partial charge in [-0.15, -0.1) is 11.3 Å². The number of anilines is 1. The van der Waals surface area contributed by atoms with Gasteiger partial charge in [0.1, 0.15) is 16.5 Å². The molecule has 0 aliphatic heterocycles. The van der Waals surface area contributed by atoms with E-state index >= 15 is 0 Å². The Kier molecular flexibility index (Phi) is 3.17. The predicted octanol–water partition coefficient (Wildman–Crippen LogP) is 3.63. The second kappa shape index (κ2) is 4.97.